The number of amides is 3. The molecule has 0 bridgehead atoms. The fraction of sp³-hybridized carbons (Fsp3) is 0.407. The standard InChI is InChI=1S/C27H35N3O6/c1-18(2)14-23(26(33)29-24(27(34)35)16-21-12-8-5-9-13-21)28-25(32)22(17-30(36)19(3)31)15-20-10-6-4-7-11-20/h4-13,18,22-24,36H,14-17H2,1-3H3,(H,28,32)(H,29,33)(H,34,35)/t22?,23-,24-/m0/s1. The molecule has 0 aliphatic carbocycles. The van der Waals surface area contributed by atoms with Crippen molar-refractivity contribution in [2.75, 3.05) is 6.54 Å². The van der Waals surface area contributed by atoms with E-state index in [-0.39, 0.29) is 31.7 Å². The van der Waals surface area contributed by atoms with Gasteiger partial charge in [-0.15, -0.1) is 0 Å². The summed E-state index contributed by atoms with van der Waals surface area (Å²) in [6, 6.07) is 15.9. The summed E-state index contributed by atoms with van der Waals surface area (Å²) in [4.78, 5) is 49.8. The van der Waals surface area contributed by atoms with Crippen LogP contribution in [0.5, 0.6) is 0 Å². The van der Waals surface area contributed by atoms with Crippen LogP contribution in [-0.4, -0.2) is 57.7 Å². The predicted octanol–water partition coefficient (Wildman–Crippen LogP) is 2.43. The lowest BCUT2D eigenvalue weighted by Gasteiger charge is -2.26. The molecular formula is C27H35N3O6. The lowest BCUT2D eigenvalue weighted by Crippen LogP contribution is -2.54. The van der Waals surface area contributed by atoms with Gasteiger partial charge in [-0.3, -0.25) is 19.6 Å². The molecule has 0 aliphatic rings. The molecule has 3 atom stereocenters. The number of nitrogens with zero attached hydrogens (tertiary/aromatic N) is 1. The van der Waals surface area contributed by atoms with E-state index in [1.807, 2.05) is 50.2 Å². The Balaban J connectivity index is 2.19. The third-order valence-corrected chi connectivity index (χ3v) is 5.69. The molecule has 0 heterocycles. The van der Waals surface area contributed by atoms with Gasteiger partial charge in [0.05, 0.1) is 12.5 Å². The van der Waals surface area contributed by atoms with Crippen LogP contribution in [0.25, 0.3) is 0 Å². The van der Waals surface area contributed by atoms with Crippen LogP contribution in [0, 0.1) is 11.8 Å². The molecule has 3 amide bonds. The molecule has 0 aliphatic heterocycles. The van der Waals surface area contributed by atoms with Crippen molar-refractivity contribution in [3.8, 4) is 0 Å². The smallest absolute Gasteiger partial charge is 0.326 e. The molecule has 0 spiro atoms. The maximum absolute atomic E-state index is 13.3. The Morgan fingerprint density at radius 3 is 1.78 bits per heavy atom. The van der Waals surface area contributed by atoms with Gasteiger partial charge in [0.25, 0.3) is 0 Å². The van der Waals surface area contributed by atoms with Gasteiger partial charge in [0.1, 0.15) is 12.1 Å². The van der Waals surface area contributed by atoms with Crippen molar-refractivity contribution >= 4 is 23.7 Å². The Kier molecular flexibility index (Phi) is 11.1. The van der Waals surface area contributed by atoms with E-state index in [2.05, 4.69) is 10.6 Å². The number of carboxylic acid groups (broad SMARTS) is 1. The number of nitrogens with one attached hydrogen (secondary N) is 2. The van der Waals surface area contributed by atoms with Gasteiger partial charge < -0.3 is 15.7 Å². The van der Waals surface area contributed by atoms with Crippen LogP contribution in [-0.2, 0) is 32.0 Å². The first kappa shape index (κ1) is 28.5. The van der Waals surface area contributed by atoms with E-state index in [1.165, 1.54) is 6.92 Å². The predicted molar refractivity (Wildman–Crippen MR) is 134 cm³/mol. The zero-order valence-electron chi connectivity index (χ0n) is 20.9. The van der Waals surface area contributed by atoms with Crippen molar-refractivity contribution in [3.63, 3.8) is 0 Å². The summed E-state index contributed by atoms with van der Waals surface area (Å²) in [7, 11) is 0. The number of carbonyl (C=O) groups is 4. The second-order valence-electron chi connectivity index (χ2n) is 9.27. The summed E-state index contributed by atoms with van der Waals surface area (Å²) >= 11 is 0. The summed E-state index contributed by atoms with van der Waals surface area (Å²) in [6.45, 7) is 4.71. The number of hydroxylamine groups is 2. The highest BCUT2D eigenvalue weighted by atomic mass is 16.5. The number of carboxylic acids is 1. The van der Waals surface area contributed by atoms with Crippen molar-refractivity contribution in [1.82, 2.24) is 15.7 Å². The molecule has 0 saturated heterocycles. The topological polar surface area (TPSA) is 136 Å². The first-order valence-electron chi connectivity index (χ1n) is 11.9. The van der Waals surface area contributed by atoms with Crippen molar-refractivity contribution in [1.29, 1.82) is 0 Å². The maximum atomic E-state index is 13.3. The molecular weight excluding hydrogens is 462 g/mol. The molecule has 0 aromatic heterocycles. The highest BCUT2D eigenvalue weighted by molar-refractivity contribution is 5.91. The van der Waals surface area contributed by atoms with Gasteiger partial charge in [0.15, 0.2) is 0 Å². The molecule has 194 valence electrons. The van der Waals surface area contributed by atoms with Gasteiger partial charge in [-0.2, -0.15) is 0 Å². The Hall–Kier alpha value is -3.72. The van der Waals surface area contributed by atoms with E-state index in [4.69, 9.17) is 0 Å². The first-order valence-corrected chi connectivity index (χ1v) is 11.9. The first-order chi connectivity index (χ1) is 17.1. The molecule has 36 heavy (non-hydrogen) atoms. The number of benzene rings is 2. The van der Waals surface area contributed by atoms with E-state index < -0.39 is 41.7 Å². The molecule has 0 radical (unpaired) electrons. The quantitative estimate of drug-likeness (QED) is 0.248. The fourth-order valence-corrected chi connectivity index (χ4v) is 3.79. The fourth-order valence-electron chi connectivity index (χ4n) is 3.79. The molecule has 0 fully saturated rings. The Bertz CT molecular complexity index is 1010. The zero-order chi connectivity index (χ0) is 26.7. The third kappa shape index (κ3) is 9.50. The maximum Gasteiger partial charge on any atom is 0.326 e. The summed E-state index contributed by atoms with van der Waals surface area (Å²) in [6.07, 6.45) is 0.612. The van der Waals surface area contributed by atoms with E-state index in [0.29, 0.717) is 5.06 Å². The lowest BCUT2D eigenvalue weighted by atomic mass is 9.96. The van der Waals surface area contributed by atoms with Crippen molar-refractivity contribution in [2.24, 2.45) is 11.8 Å². The van der Waals surface area contributed by atoms with Gasteiger partial charge >= 0.3 is 5.97 Å². The van der Waals surface area contributed by atoms with Gasteiger partial charge in [-0.25, -0.2) is 9.86 Å². The second kappa shape index (κ2) is 14.0. The minimum absolute atomic E-state index is 0.0255. The molecule has 0 saturated carbocycles. The van der Waals surface area contributed by atoms with Crippen LogP contribution in [0.3, 0.4) is 0 Å². The molecule has 2 rings (SSSR count). The molecule has 4 N–H and O–H groups in total. The van der Waals surface area contributed by atoms with Gasteiger partial charge in [0.2, 0.25) is 17.7 Å². The molecule has 2 aromatic rings. The number of rotatable bonds is 13. The van der Waals surface area contributed by atoms with Crippen molar-refractivity contribution < 1.29 is 29.5 Å². The van der Waals surface area contributed by atoms with Crippen LogP contribution < -0.4 is 10.6 Å². The third-order valence-electron chi connectivity index (χ3n) is 5.69. The Labute approximate surface area is 211 Å². The average Bonchev–Trinajstić information content (AvgIpc) is 2.83. The van der Waals surface area contributed by atoms with E-state index in [1.54, 1.807) is 24.3 Å². The Morgan fingerprint density at radius 2 is 1.31 bits per heavy atom. The lowest BCUT2D eigenvalue weighted by molar-refractivity contribution is -0.166. The van der Waals surface area contributed by atoms with Crippen LogP contribution in [0.4, 0.5) is 0 Å². The number of aliphatic carboxylic acids is 1. The normalized spacial score (nSPS) is 13.4. The highest BCUT2D eigenvalue weighted by Gasteiger charge is 2.30. The molecule has 9 nitrogen and oxygen atoms in total. The SMILES string of the molecule is CC(=O)N(O)CC(Cc1ccccc1)C(=O)N[C@@H](CC(C)C)C(=O)N[C@@H](Cc1ccccc1)C(=O)O. The van der Waals surface area contributed by atoms with E-state index in [9.17, 15) is 29.5 Å². The molecule has 1 unspecified atom stereocenters. The van der Waals surface area contributed by atoms with E-state index >= 15 is 0 Å². The van der Waals surface area contributed by atoms with Crippen LogP contribution in [0.2, 0.25) is 0 Å². The summed E-state index contributed by atoms with van der Waals surface area (Å²) in [5.41, 5.74) is 1.58. The largest absolute Gasteiger partial charge is 0.480 e. The van der Waals surface area contributed by atoms with Crippen molar-refractivity contribution in [3.05, 3.63) is 71.8 Å². The van der Waals surface area contributed by atoms with Crippen molar-refractivity contribution in [2.45, 2.75) is 52.1 Å². The monoisotopic (exact) mass is 497 g/mol. The summed E-state index contributed by atoms with van der Waals surface area (Å²) in [5, 5.41) is 25.4. The van der Waals surface area contributed by atoms with Gasteiger partial charge in [0, 0.05) is 13.3 Å². The van der Waals surface area contributed by atoms with Gasteiger partial charge in [-0.1, -0.05) is 74.5 Å². The summed E-state index contributed by atoms with van der Waals surface area (Å²) in [5.74, 6) is -3.72. The highest BCUT2D eigenvalue weighted by Crippen LogP contribution is 2.13. The van der Waals surface area contributed by atoms with Crippen LogP contribution >= 0.6 is 0 Å². The van der Waals surface area contributed by atoms with Crippen LogP contribution in [0.1, 0.15) is 38.3 Å². The number of hydrogen-bond acceptors (Lipinski definition) is 5. The second-order valence-corrected chi connectivity index (χ2v) is 9.27. The van der Waals surface area contributed by atoms with Crippen LogP contribution in [0.15, 0.2) is 60.7 Å². The number of hydrogen-bond donors (Lipinski definition) is 4. The minimum Gasteiger partial charge on any atom is -0.480 e. The molecule has 2 aromatic carbocycles. The van der Waals surface area contributed by atoms with Gasteiger partial charge in [-0.05, 0) is 29.9 Å². The summed E-state index contributed by atoms with van der Waals surface area (Å²) < 4.78 is 0. The Morgan fingerprint density at radius 1 is 0.806 bits per heavy atom. The minimum atomic E-state index is -1.18. The van der Waals surface area contributed by atoms with E-state index in [0.717, 1.165) is 11.1 Å². The average molecular weight is 498 g/mol. The molecule has 9 heteroatoms. The number of carbonyl (C=O) groups excluding carboxylic acids is 3. The zero-order valence-corrected chi connectivity index (χ0v) is 20.9.